The van der Waals surface area contributed by atoms with Gasteiger partial charge in [-0.2, -0.15) is 5.10 Å². The van der Waals surface area contributed by atoms with Gasteiger partial charge in [-0.05, 0) is 36.8 Å². The summed E-state index contributed by atoms with van der Waals surface area (Å²) in [7, 11) is 0. The monoisotopic (exact) mass is 439 g/mol. The summed E-state index contributed by atoms with van der Waals surface area (Å²) in [4.78, 5) is 32.0. The van der Waals surface area contributed by atoms with E-state index in [2.05, 4.69) is 20.4 Å². The second-order valence-electron chi connectivity index (χ2n) is 6.63. The zero-order valence-electron chi connectivity index (χ0n) is 16.0. The van der Waals surface area contributed by atoms with Crippen molar-refractivity contribution in [2.75, 3.05) is 5.75 Å². The fraction of sp³-hybridized carbons (Fsp3) is 0.143. The molecular weight excluding hydrogens is 422 g/mol. The van der Waals surface area contributed by atoms with E-state index in [1.54, 1.807) is 10.7 Å². The van der Waals surface area contributed by atoms with Crippen LogP contribution in [0.4, 0.5) is 0 Å². The molecule has 0 aliphatic carbocycles. The lowest BCUT2D eigenvalue weighted by Crippen LogP contribution is -2.28. The zero-order valence-corrected chi connectivity index (χ0v) is 17.6. The first kappa shape index (κ1) is 20.2. The molecule has 4 aromatic rings. The van der Waals surface area contributed by atoms with Gasteiger partial charge in [0.1, 0.15) is 5.39 Å². The van der Waals surface area contributed by atoms with E-state index in [-0.39, 0.29) is 23.3 Å². The number of aromatic nitrogens is 4. The summed E-state index contributed by atoms with van der Waals surface area (Å²) < 4.78 is 1.61. The first-order chi connectivity index (χ1) is 14.5. The number of hydrogen-bond acceptors (Lipinski definition) is 5. The van der Waals surface area contributed by atoms with Gasteiger partial charge in [0.05, 0.1) is 23.7 Å². The minimum Gasteiger partial charge on any atom is -0.349 e. The Balaban J connectivity index is 1.49. The van der Waals surface area contributed by atoms with Crippen LogP contribution in [0.25, 0.3) is 16.7 Å². The summed E-state index contributed by atoms with van der Waals surface area (Å²) in [6, 6.07) is 16.6. The van der Waals surface area contributed by atoms with Crippen molar-refractivity contribution < 1.29 is 4.79 Å². The number of hydrogen-bond donors (Lipinski definition) is 2. The van der Waals surface area contributed by atoms with E-state index in [0.717, 1.165) is 23.0 Å². The molecule has 30 heavy (non-hydrogen) atoms. The Kier molecular flexibility index (Phi) is 5.87. The molecule has 0 fully saturated rings. The molecule has 0 radical (unpaired) electrons. The number of carbonyl (C=O) groups is 1. The van der Waals surface area contributed by atoms with Crippen LogP contribution in [-0.2, 0) is 4.79 Å². The Hall–Kier alpha value is -3.10. The predicted molar refractivity (Wildman–Crippen MR) is 118 cm³/mol. The van der Waals surface area contributed by atoms with Gasteiger partial charge in [0.15, 0.2) is 10.8 Å². The highest BCUT2D eigenvalue weighted by molar-refractivity contribution is 7.99. The Morgan fingerprint density at radius 3 is 2.80 bits per heavy atom. The number of thioether (sulfide) groups is 1. The highest BCUT2D eigenvalue weighted by Crippen LogP contribution is 2.19. The fourth-order valence-electron chi connectivity index (χ4n) is 3.00. The first-order valence-corrected chi connectivity index (χ1v) is 10.6. The smallest absolute Gasteiger partial charge is 0.262 e. The van der Waals surface area contributed by atoms with E-state index in [1.165, 1.54) is 6.20 Å². The van der Waals surface area contributed by atoms with Gasteiger partial charge in [0.2, 0.25) is 5.91 Å². The van der Waals surface area contributed by atoms with Gasteiger partial charge in [-0.3, -0.25) is 9.59 Å². The minimum atomic E-state index is -0.294. The molecule has 2 N–H and O–H groups in total. The van der Waals surface area contributed by atoms with Crippen molar-refractivity contribution in [3.05, 3.63) is 81.7 Å². The van der Waals surface area contributed by atoms with Gasteiger partial charge in [-0.1, -0.05) is 53.7 Å². The van der Waals surface area contributed by atoms with Crippen LogP contribution in [0.2, 0.25) is 5.02 Å². The number of H-pyrrole nitrogens is 1. The van der Waals surface area contributed by atoms with Crippen molar-refractivity contribution in [3.8, 4) is 5.69 Å². The molecule has 0 saturated carbocycles. The third-order valence-corrected chi connectivity index (χ3v) is 5.59. The molecule has 4 rings (SSSR count). The normalized spacial score (nSPS) is 12.1. The SMILES string of the molecule is CC(NC(=O)CSc1nc2c(cnn2-c2ccccc2)c(=O)[nH]1)c1cccc(Cl)c1. The van der Waals surface area contributed by atoms with Gasteiger partial charge in [-0.25, -0.2) is 9.67 Å². The molecule has 1 atom stereocenters. The standard InChI is InChI=1S/C21H18ClN5O2S/c1-13(14-6-5-7-15(22)10-14)24-18(28)12-30-21-25-19-17(20(29)26-21)11-23-27(19)16-8-3-2-4-9-16/h2-11,13H,12H2,1H3,(H,24,28)(H,25,26,29). The third-order valence-electron chi connectivity index (χ3n) is 4.48. The number of nitrogens with one attached hydrogen (secondary N) is 2. The molecule has 1 unspecified atom stereocenters. The van der Waals surface area contributed by atoms with E-state index in [0.29, 0.717) is 21.2 Å². The minimum absolute atomic E-state index is 0.110. The van der Waals surface area contributed by atoms with Gasteiger partial charge in [0.25, 0.3) is 5.56 Å². The van der Waals surface area contributed by atoms with Crippen LogP contribution in [0.3, 0.4) is 0 Å². The van der Waals surface area contributed by atoms with E-state index in [1.807, 2.05) is 55.5 Å². The number of para-hydroxylation sites is 1. The average molecular weight is 440 g/mol. The number of carbonyl (C=O) groups excluding carboxylic acids is 1. The first-order valence-electron chi connectivity index (χ1n) is 9.22. The molecule has 152 valence electrons. The molecule has 9 heteroatoms. The van der Waals surface area contributed by atoms with Gasteiger partial charge in [0, 0.05) is 5.02 Å². The second kappa shape index (κ2) is 8.73. The average Bonchev–Trinajstić information content (AvgIpc) is 3.17. The van der Waals surface area contributed by atoms with Crippen molar-refractivity contribution in [2.45, 2.75) is 18.1 Å². The maximum atomic E-state index is 12.4. The molecule has 2 heterocycles. The lowest BCUT2D eigenvalue weighted by molar-refractivity contribution is -0.119. The summed E-state index contributed by atoms with van der Waals surface area (Å²) in [5.41, 5.74) is 1.87. The van der Waals surface area contributed by atoms with Gasteiger partial charge < -0.3 is 10.3 Å². The van der Waals surface area contributed by atoms with Crippen LogP contribution < -0.4 is 10.9 Å². The van der Waals surface area contributed by atoms with Crippen molar-refractivity contribution in [3.63, 3.8) is 0 Å². The summed E-state index contributed by atoms with van der Waals surface area (Å²) in [5, 5.41) is 8.57. The number of benzene rings is 2. The lowest BCUT2D eigenvalue weighted by atomic mass is 10.1. The molecule has 0 aliphatic heterocycles. The molecule has 7 nitrogen and oxygen atoms in total. The van der Waals surface area contributed by atoms with E-state index >= 15 is 0 Å². The van der Waals surface area contributed by atoms with Crippen LogP contribution in [-0.4, -0.2) is 31.4 Å². The Morgan fingerprint density at radius 1 is 1.23 bits per heavy atom. The third kappa shape index (κ3) is 4.39. The van der Waals surface area contributed by atoms with Crippen LogP contribution in [0.5, 0.6) is 0 Å². The molecule has 2 aromatic heterocycles. The van der Waals surface area contributed by atoms with Gasteiger partial charge in [-0.15, -0.1) is 0 Å². The zero-order chi connectivity index (χ0) is 21.1. The molecule has 0 aliphatic rings. The number of fused-ring (bicyclic) bond motifs is 1. The molecular formula is C21H18ClN5O2S. The van der Waals surface area contributed by atoms with Crippen molar-refractivity contribution in [1.29, 1.82) is 0 Å². The molecule has 0 bridgehead atoms. The maximum Gasteiger partial charge on any atom is 0.262 e. The number of halogens is 1. The summed E-state index contributed by atoms with van der Waals surface area (Å²) in [5.74, 6) is -0.0643. The van der Waals surface area contributed by atoms with Crippen LogP contribution in [0, 0.1) is 0 Å². The summed E-state index contributed by atoms with van der Waals surface area (Å²) in [6.07, 6.45) is 1.49. The maximum absolute atomic E-state index is 12.4. The molecule has 2 aromatic carbocycles. The van der Waals surface area contributed by atoms with E-state index in [4.69, 9.17) is 11.6 Å². The quantitative estimate of drug-likeness (QED) is 0.352. The number of aromatic amines is 1. The highest BCUT2D eigenvalue weighted by Gasteiger charge is 2.14. The topological polar surface area (TPSA) is 92.7 Å². The number of amides is 1. The second-order valence-corrected chi connectivity index (χ2v) is 8.03. The lowest BCUT2D eigenvalue weighted by Gasteiger charge is -2.14. The molecule has 0 saturated heterocycles. The van der Waals surface area contributed by atoms with Crippen molar-refractivity contribution >= 4 is 40.3 Å². The van der Waals surface area contributed by atoms with Crippen LogP contribution in [0.1, 0.15) is 18.5 Å². The van der Waals surface area contributed by atoms with Crippen LogP contribution in [0.15, 0.2) is 70.7 Å². The van der Waals surface area contributed by atoms with Crippen LogP contribution >= 0.6 is 23.4 Å². The largest absolute Gasteiger partial charge is 0.349 e. The highest BCUT2D eigenvalue weighted by atomic mass is 35.5. The Bertz CT molecular complexity index is 1260. The van der Waals surface area contributed by atoms with Crippen molar-refractivity contribution in [1.82, 2.24) is 25.1 Å². The van der Waals surface area contributed by atoms with Crippen molar-refractivity contribution in [2.24, 2.45) is 0 Å². The summed E-state index contributed by atoms with van der Waals surface area (Å²) in [6.45, 7) is 1.89. The predicted octanol–water partition coefficient (Wildman–Crippen LogP) is 3.73. The number of nitrogens with zero attached hydrogens (tertiary/aromatic N) is 3. The fourth-order valence-corrected chi connectivity index (χ4v) is 3.87. The number of rotatable bonds is 6. The Morgan fingerprint density at radius 2 is 2.03 bits per heavy atom. The molecule has 1 amide bonds. The van der Waals surface area contributed by atoms with E-state index in [9.17, 15) is 9.59 Å². The van der Waals surface area contributed by atoms with Gasteiger partial charge >= 0.3 is 0 Å². The molecule has 0 spiro atoms. The summed E-state index contributed by atoms with van der Waals surface area (Å²) >= 11 is 7.17. The van der Waals surface area contributed by atoms with E-state index < -0.39 is 0 Å². The Labute approximate surface area is 181 Å².